The predicted molar refractivity (Wildman–Crippen MR) is 190 cm³/mol. The Morgan fingerprint density at radius 3 is 2.38 bits per heavy atom. The van der Waals surface area contributed by atoms with Crippen LogP contribution in [0.15, 0.2) is 95.0 Å². The Morgan fingerprint density at radius 1 is 0.896 bits per heavy atom. The highest BCUT2D eigenvalue weighted by atomic mass is 32.2. The molecular weight excluding hydrogens is 625 g/mol. The quantitative estimate of drug-likeness (QED) is 0.134. The van der Waals surface area contributed by atoms with E-state index in [0.29, 0.717) is 28.4 Å². The van der Waals surface area contributed by atoms with Crippen molar-refractivity contribution in [2.75, 3.05) is 17.7 Å². The van der Waals surface area contributed by atoms with Gasteiger partial charge in [-0.25, -0.2) is 19.7 Å². The molecule has 0 saturated carbocycles. The van der Waals surface area contributed by atoms with Crippen molar-refractivity contribution in [1.82, 2.24) is 20.3 Å². The fourth-order valence-electron chi connectivity index (χ4n) is 4.79. The van der Waals surface area contributed by atoms with Crippen molar-refractivity contribution in [2.24, 2.45) is 0 Å². The first-order chi connectivity index (χ1) is 22.9. The lowest BCUT2D eigenvalue weighted by molar-refractivity contribution is 0.0635. The molecule has 3 aromatic carbocycles. The van der Waals surface area contributed by atoms with Gasteiger partial charge in [-0.05, 0) is 106 Å². The average Bonchev–Trinajstić information content (AvgIpc) is 3.05. The summed E-state index contributed by atoms with van der Waals surface area (Å²) in [5.41, 5.74) is 3.64. The largest absolute Gasteiger partial charge is 0.497 e. The number of hydrogen-bond donors (Lipinski definition) is 3. The van der Waals surface area contributed by atoms with E-state index < -0.39 is 11.7 Å². The molecule has 0 aliphatic rings. The maximum absolute atomic E-state index is 13.5. The van der Waals surface area contributed by atoms with Crippen LogP contribution in [0.4, 0.5) is 22.0 Å². The zero-order valence-corrected chi connectivity index (χ0v) is 28.9. The number of methoxy groups -OCH3 is 1. The molecule has 11 heteroatoms. The Bertz CT molecular complexity index is 1920. The van der Waals surface area contributed by atoms with Gasteiger partial charge in [0.25, 0.3) is 5.91 Å². The monoisotopic (exact) mass is 664 g/mol. The van der Waals surface area contributed by atoms with E-state index >= 15 is 0 Å². The number of hydrogen-bond acceptors (Lipinski definition) is 9. The number of pyridine rings is 1. The maximum Gasteiger partial charge on any atom is 0.412 e. The lowest BCUT2D eigenvalue weighted by Gasteiger charge is -2.19. The average molecular weight is 665 g/mol. The van der Waals surface area contributed by atoms with E-state index in [2.05, 4.69) is 39.8 Å². The Balaban J connectivity index is 1.43. The first kappa shape index (κ1) is 34.2. The van der Waals surface area contributed by atoms with E-state index in [9.17, 15) is 9.59 Å². The van der Waals surface area contributed by atoms with E-state index in [1.54, 1.807) is 13.2 Å². The molecule has 248 valence electrons. The number of carbonyl (C=O) groups excluding carboxylic acids is 2. The number of amides is 2. The molecule has 3 N–H and O–H groups in total. The number of ether oxygens (including phenoxy) is 2. The molecule has 10 nitrogen and oxygen atoms in total. The van der Waals surface area contributed by atoms with Crippen molar-refractivity contribution in [1.29, 1.82) is 0 Å². The summed E-state index contributed by atoms with van der Waals surface area (Å²) in [6.45, 7) is 11.6. The number of carbonyl (C=O) groups is 2. The number of anilines is 3. The molecular formula is C37H40N6O4S. The van der Waals surface area contributed by atoms with Crippen LogP contribution in [0.3, 0.4) is 0 Å². The zero-order chi connectivity index (χ0) is 34.4. The highest BCUT2D eigenvalue weighted by Gasteiger charge is 2.18. The molecule has 0 spiro atoms. The van der Waals surface area contributed by atoms with Crippen LogP contribution in [0, 0.1) is 0 Å². The molecule has 2 aromatic heterocycles. The molecule has 0 saturated heterocycles. The summed E-state index contributed by atoms with van der Waals surface area (Å²) in [5, 5.41) is 10.1. The number of aromatic nitrogens is 3. The van der Waals surface area contributed by atoms with Gasteiger partial charge in [0.05, 0.1) is 24.2 Å². The van der Waals surface area contributed by atoms with Crippen molar-refractivity contribution in [3.05, 3.63) is 102 Å². The Hall–Kier alpha value is -5.16. The van der Waals surface area contributed by atoms with Crippen molar-refractivity contribution in [2.45, 2.75) is 68.9 Å². The zero-order valence-electron chi connectivity index (χ0n) is 28.1. The first-order valence-electron chi connectivity index (χ1n) is 15.6. The molecule has 1 unspecified atom stereocenters. The van der Waals surface area contributed by atoms with E-state index in [-0.39, 0.29) is 17.9 Å². The number of fused-ring (bicyclic) bond motifs is 1. The molecule has 48 heavy (non-hydrogen) atoms. The predicted octanol–water partition coefficient (Wildman–Crippen LogP) is 8.89. The van der Waals surface area contributed by atoms with Crippen LogP contribution in [0.1, 0.15) is 75.1 Å². The Kier molecular flexibility index (Phi) is 10.5. The third-order valence-electron chi connectivity index (χ3n) is 7.27. The van der Waals surface area contributed by atoms with Gasteiger partial charge in [-0.3, -0.25) is 10.1 Å². The van der Waals surface area contributed by atoms with Gasteiger partial charge >= 0.3 is 6.09 Å². The molecule has 5 rings (SSSR count). The van der Waals surface area contributed by atoms with Gasteiger partial charge in [0.1, 0.15) is 23.5 Å². The molecule has 0 fully saturated rings. The molecule has 2 heterocycles. The summed E-state index contributed by atoms with van der Waals surface area (Å²) in [5.74, 6) is 1.33. The second kappa shape index (κ2) is 14.7. The van der Waals surface area contributed by atoms with Gasteiger partial charge in [-0.1, -0.05) is 37.7 Å². The van der Waals surface area contributed by atoms with Crippen molar-refractivity contribution < 1.29 is 19.1 Å². The summed E-state index contributed by atoms with van der Waals surface area (Å²) in [4.78, 5) is 41.2. The molecule has 0 radical (unpaired) electrons. The molecule has 2 amide bonds. The molecule has 5 aromatic rings. The fraction of sp³-hybridized carbons (Fsp3) is 0.270. The van der Waals surface area contributed by atoms with Gasteiger partial charge in [0.2, 0.25) is 0 Å². The van der Waals surface area contributed by atoms with Crippen LogP contribution in [0.2, 0.25) is 0 Å². The molecule has 0 aliphatic heterocycles. The summed E-state index contributed by atoms with van der Waals surface area (Å²) < 4.78 is 10.7. The summed E-state index contributed by atoms with van der Waals surface area (Å²) in [6, 6.07) is 24.3. The smallest absolute Gasteiger partial charge is 0.412 e. The Morgan fingerprint density at radius 2 is 1.67 bits per heavy atom. The number of nitrogens with zero attached hydrogens (tertiary/aromatic N) is 3. The van der Waals surface area contributed by atoms with E-state index in [1.807, 2.05) is 100 Å². The van der Waals surface area contributed by atoms with Crippen molar-refractivity contribution in [3.8, 4) is 5.75 Å². The van der Waals surface area contributed by atoms with E-state index in [0.717, 1.165) is 32.2 Å². The second-order valence-electron chi connectivity index (χ2n) is 12.5. The highest BCUT2D eigenvalue weighted by Crippen LogP contribution is 2.37. The van der Waals surface area contributed by atoms with Gasteiger partial charge in [-0.2, -0.15) is 0 Å². The molecule has 0 aliphatic carbocycles. The minimum atomic E-state index is -0.596. The minimum Gasteiger partial charge on any atom is -0.497 e. The molecule has 1 atom stereocenters. The van der Waals surface area contributed by atoms with E-state index in [4.69, 9.17) is 14.5 Å². The van der Waals surface area contributed by atoms with Crippen molar-refractivity contribution >= 4 is 52.0 Å². The molecule has 0 bridgehead atoms. The summed E-state index contributed by atoms with van der Waals surface area (Å²) in [7, 11) is 1.62. The van der Waals surface area contributed by atoms with Crippen LogP contribution < -0.4 is 20.7 Å². The van der Waals surface area contributed by atoms with Gasteiger partial charge in [-0.15, -0.1) is 0 Å². The first-order valence-corrected chi connectivity index (χ1v) is 16.5. The number of nitrogens with one attached hydrogen (secondary N) is 3. The SMILES string of the molecule is COc1cccc(C(C)NC(=O)c2ccc(Sc3ccc(NC(=O)OC(C)(C)C)cc3)c(Nc3ncnc4nc(C(C)C)ccc34)c2)c1. The van der Waals surface area contributed by atoms with Crippen LogP contribution in [-0.4, -0.2) is 39.7 Å². The van der Waals surface area contributed by atoms with Gasteiger partial charge in [0, 0.05) is 26.7 Å². The standard InChI is InChI=1S/C37H40N6O4S/c1-22(2)30-17-16-29-33(42-30)38-21-39-34(29)43-31-20-25(35(44)40-23(3)24-9-8-10-27(19-24)46-7)11-18-32(31)48-28-14-12-26(13-15-28)41-36(45)47-37(4,5)6/h8-23H,1-7H3,(H,40,44)(H,41,45)(H,38,39,42,43). The van der Waals surface area contributed by atoms with Crippen LogP contribution >= 0.6 is 11.8 Å². The van der Waals surface area contributed by atoms with Gasteiger partial charge in [0.15, 0.2) is 5.65 Å². The van der Waals surface area contributed by atoms with E-state index in [1.165, 1.54) is 18.1 Å². The van der Waals surface area contributed by atoms with Crippen LogP contribution in [-0.2, 0) is 4.74 Å². The van der Waals surface area contributed by atoms with Crippen LogP contribution in [0.25, 0.3) is 11.0 Å². The lowest BCUT2D eigenvalue weighted by atomic mass is 10.1. The number of benzene rings is 3. The maximum atomic E-state index is 13.5. The lowest BCUT2D eigenvalue weighted by Crippen LogP contribution is -2.27. The summed E-state index contributed by atoms with van der Waals surface area (Å²) in [6.07, 6.45) is 0.966. The minimum absolute atomic E-state index is 0.224. The van der Waals surface area contributed by atoms with Crippen molar-refractivity contribution in [3.63, 3.8) is 0 Å². The van der Waals surface area contributed by atoms with Crippen LogP contribution in [0.5, 0.6) is 5.75 Å². The topological polar surface area (TPSA) is 127 Å². The third-order valence-corrected chi connectivity index (χ3v) is 8.36. The normalized spacial score (nSPS) is 12.0. The number of rotatable bonds is 10. The Labute approximate surface area is 285 Å². The summed E-state index contributed by atoms with van der Waals surface area (Å²) >= 11 is 1.51. The van der Waals surface area contributed by atoms with Gasteiger partial charge < -0.3 is 20.1 Å². The highest BCUT2D eigenvalue weighted by molar-refractivity contribution is 7.99. The fourth-order valence-corrected chi connectivity index (χ4v) is 5.67. The third kappa shape index (κ3) is 8.80. The second-order valence-corrected chi connectivity index (χ2v) is 13.7.